The Balaban J connectivity index is 1.48. The minimum Gasteiger partial charge on any atom is -0.451 e. The highest BCUT2D eigenvalue weighted by Gasteiger charge is 2.30. The lowest BCUT2D eigenvalue weighted by Crippen LogP contribution is -2.12. The predicted octanol–water partition coefficient (Wildman–Crippen LogP) is 6.32. The number of halogens is 3. The Kier molecular flexibility index (Phi) is 5.18. The zero-order chi connectivity index (χ0) is 21.1. The van der Waals surface area contributed by atoms with E-state index in [0.717, 1.165) is 23.4 Å². The Morgan fingerprint density at radius 2 is 1.67 bits per heavy atom. The SMILES string of the molecule is O=C(Nc1cccc(C(F)(F)F)c1)c1cc2cc(NCc3ccccc3)ccc2o1. The molecule has 4 aromatic rings. The molecule has 0 aliphatic rings. The first-order valence-corrected chi connectivity index (χ1v) is 9.18. The van der Waals surface area contributed by atoms with E-state index < -0.39 is 17.6 Å². The van der Waals surface area contributed by atoms with Gasteiger partial charge in [0.2, 0.25) is 0 Å². The van der Waals surface area contributed by atoms with Gasteiger partial charge in [-0.2, -0.15) is 13.2 Å². The summed E-state index contributed by atoms with van der Waals surface area (Å²) in [7, 11) is 0. The summed E-state index contributed by atoms with van der Waals surface area (Å²) in [6, 6.07) is 21.3. The molecule has 7 heteroatoms. The molecular weight excluding hydrogens is 393 g/mol. The molecule has 0 saturated carbocycles. The minimum atomic E-state index is -4.48. The molecule has 0 radical (unpaired) electrons. The molecule has 152 valence electrons. The molecule has 4 rings (SSSR count). The summed E-state index contributed by atoms with van der Waals surface area (Å²) < 4.78 is 44.1. The first kappa shape index (κ1) is 19.6. The first-order valence-electron chi connectivity index (χ1n) is 9.18. The molecule has 2 N–H and O–H groups in total. The average Bonchev–Trinajstić information content (AvgIpc) is 3.16. The van der Waals surface area contributed by atoms with Crippen LogP contribution in [-0.4, -0.2) is 5.91 Å². The van der Waals surface area contributed by atoms with Crippen molar-refractivity contribution in [2.75, 3.05) is 10.6 Å². The third-order valence-electron chi connectivity index (χ3n) is 4.53. The topological polar surface area (TPSA) is 54.3 Å². The molecule has 0 saturated heterocycles. The molecule has 3 aromatic carbocycles. The zero-order valence-corrected chi connectivity index (χ0v) is 15.7. The summed E-state index contributed by atoms with van der Waals surface area (Å²) in [6.07, 6.45) is -4.48. The minimum absolute atomic E-state index is 0.0163. The number of rotatable bonds is 5. The van der Waals surface area contributed by atoms with Gasteiger partial charge in [-0.1, -0.05) is 36.4 Å². The quantitative estimate of drug-likeness (QED) is 0.405. The van der Waals surface area contributed by atoms with Gasteiger partial charge in [0.25, 0.3) is 5.91 Å². The van der Waals surface area contributed by atoms with Crippen LogP contribution in [-0.2, 0) is 12.7 Å². The van der Waals surface area contributed by atoms with Gasteiger partial charge in [-0.3, -0.25) is 4.79 Å². The lowest BCUT2D eigenvalue weighted by atomic mass is 10.2. The van der Waals surface area contributed by atoms with E-state index in [0.29, 0.717) is 17.5 Å². The molecule has 1 aromatic heterocycles. The van der Waals surface area contributed by atoms with Gasteiger partial charge in [-0.15, -0.1) is 0 Å². The van der Waals surface area contributed by atoms with Crippen molar-refractivity contribution in [3.63, 3.8) is 0 Å². The van der Waals surface area contributed by atoms with E-state index in [1.54, 1.807) is 12.1 Å². The molecule has 0 aliphatic carbocycles. The third-order valence-corrected chi connectivity index (χ3v) is 4.53. The number of anilines is 2. The van der Waals surface area contributed by atoms with Gasteiger partial charge in [-0.25, -0.2) is 0 Å². The van der Waals surface area contributed by atoms with Crippen LogP contribution in [0.4, 0.5) is 24.5 Å². The molecule has 1 heterocycles. The third kappa shape index (κ3) is 4.46. The Bertz CT molecular complexity index is 1180. The second kappa shape index (κ2) is 7.94. The Hall–Kier alpha value is -3.74. The number of benzene rings is 3. The molecule has 0 aliphatic heterocycles. The fraction of sp³-hybridized carbons (Fsp3) is 0.0870. The molecule has 0 unspecified atom stereocenters. The molecule has 0 atom stereocenters. The lowest BCUT2D eigenvalue weighted by Gasteiger charge is -2.09. The van der Waals surface area contributed by atoms with Crippen molar-refractivity contribution in [2.45, 2.75) is 12.7 Å². The second-order valence-corrected chi connectivity index (χ2v) is 6.74. The smallest absolute Gasteiger partial charge is 0.416 e. The first-order chi connectivity index (χ1) is 14.4. The van der Waals surface area contributed by atoms with Crippen molar-refractivity contribution >= 4 is 28.3 Å². The van der Waals surface area contributed by atoms with Crippen molar-refractivity contribution in [1.82, 2.24) is 0 Å². The summed E-state index contributed by atoms with van der Waals surface area (Å²) in [6.45, 7) is 0.646. The number of hydrogen-bond donors (Lipinski definition) is 2. The normalized spacial score (nSPS) is 11.4. The molecule has 0 spiro atoms. The molecule has 30 heavy (non-hydrogen) atoms. The monoisotopic (exact) mass is 410 g/mol. The number of carbonyl (C=O) groups is 1. The van der Waals surface area contributed by atoms with E-state index in [1.165, 1.54) is 12.1 Å². The van der Waals surface area contributed by atoms with E-state index in [1.807, 2.05) is 42.5 Å². The summed E-state index contributed by atoms with van der Waals surface area (Å²) in [5.74, 6) is -0.605. The van der Waals surface area contributed by atoms with Crippen molar-refractivity contribution in [3.05, 3.63) is 95.7 Å². The Morgan fingerprint density at radius 1 is 0.867 bits per heavy atom. The van der Waals surface area contributed by atoms with Gasteiger partial charge >= 0.3 is 6.18 Å². The van der Waals surface area contributed by atoms with E-state index >= 15 is 0 Å². The van der Waals surface area contributed by atoms with Gasteiger partial charge in [0.15, 0.2) is 5.76 Å². The van der Waals surface area contributed by atoms with Crippen LogP contribution in [0.15, 0.2) is 83.3 Å². The molecule has 0 bridgehead atoms. The van der Waals surface area contributed by atoms with Gasteiger partial charge in [0.05, 0.1) is 5.56 Å². The zero-order valence-electron chi connectivity index (χ0n) is 15.7. The van der Waals surface area contributed by atoms with Crippen LogP contribution < -0.4 is 10.6 Å². The van der Waals surface area contributed by atoms with Crippen LogP contribution in [0.1, 0.15) is 21.7 Å². The van der Waals surface area contributed by atoms with Crippen LogP contribution in [0, 0.1) is 0 Å². The maximum absolute atomic E-state index is 12.8. The Labute approximate surface area is 170 Å². The van der Waals surface area contributed by atoms with Crippen LogP contribution >= 0.6 is 0 Å². The van der Waals surface area contributed by atoms with Crippen molar-refractivity contribution in [1.29, 1.82) is 0 Å². The van der Waals surface area contributed by atoms with Crippen LogP contribution in [0.25, 0.3) is 11.0 Å². The predicted molar refractivity (Wildman–Crippen MR) is 109 cm³/mol. The molecular formula is C23H17F3N2O2. The summed E-state index contributed by atoms with van der Waals surface area (Å²) in [5.41, 5.74) is 1.71. The summed E-state index contributed by atoms with van der Waals surface area (Å²) >= 11 is 0. The van der Waals surface area contributed by atoms with Crippen molar-refractivity contribution in [2.24, 2.45) is 0 Å². The molecule has 4 nitrogen and oxygen atoms in total. The van der Waals surface area contributed by atoms with E-state index in [4.69, 9.17) is 4.42 Å². The highest BCUT2D eigenvalue weighted by atomic mass is 19.4. The number of nitrogens with one attached hydrogen (secondary N) is 2. The highest BCUT2D eigenvalue weighted by Crippen LogP contribution is 2.31. The van der Waals surface area contributed by atoms with E-state index in [2.05, 4.69) is 10.6 Å². The number of hydrogen-bond acceptors (Lipinski definition) is 3. The average molecular weight is 410 g/mol. The van der Waals surface area contributed by atoms with Gasteiger partial charge in [0.1, 0.15) is 5.58 Å². The highest BCUT2D eigenvalue weighted by molar-refractivity contribution is 6.04. The summed E-state index contributed by atoms with van der Waals surface area (Å²) in [4.78, 5) is 12.4. The molecule has 1 amide bonds. The van der Waals surface area contributed by atoms with E-state index in [9.17, 15) is 18.0 Å². The summed E-state index contributed by atoms with van der Waals surface area (Å²) in [5, 5.41) is 6.46. The van der Waals surface area contributed by atoms with Crippen molar-refractivity contribution in [3.8, 4) is 0 Å². The standard InChI is InChI=1S/C23H17F3N2O2/c24-23(25,26)17-7-4-8-19(13-17)28-22(29)21-12-16-11-18(9-10-20(16)30-21)27-14-15-5-2-1-3-6-15/h1-13,27H,14H2,(H,28,29). The number of furan rings is 1. The van der Waals surface area contributed by atoms with Crippen LogP contribution in [0.5, 0.6) is 0 Å². The maximum atomic E-state index is 12.8. The van der Waals surface area contributed by atoms with Gasteiger partial charge < -0.3 is 15.1 Å². The van der Waals surface area contributed by atoms with Gasteiger partial charge in [0, 0.05) is 23.3 Å². The number of alkyl halides is 3. The number of amides is 1. The van der Waals surface area contributed by atoms with Crippen LogP contribution in [0.3, 0.4) is 0 Å². The lowest BCUT2D eigenvalue weighted by molar-refractivity contribution is -0.137. The number of fused-ring (bicyclic) bond motifs is 1. The fourth-order valence-electron chi connectivity index (χ4n) is 3.03. The fourth-order valence-corrected chi connectivity index (χ4v) is 3.03. The Morgan fingerprint density at radius 3 is 2.43 bits per heavy atom. The molecule has 0 fully saturated rings. The van der Waals surface area contributed by atoms with Crippen molar-refractivity contribution < 1.29 is 22.4 Å². The number of carbonyl (C=O) groups excluding carboxylic acids is 1. The maximum Gasteiger partial charge on any atom is 0.416 e. The van der Waals surface area contributed by atoms with Crippen LogP contribution in [0.2, 0.25) is 0 Å². The largest absolute Gasteiger partial charge is 0.451 e. The van der Waals surface area contributed by atoms with Gasteiger partial charge in [-0.05, 0) is 48.0 Å². The second-order valence-electron chi connectivity index (χ2n) is 6.74. The van der Waals surface area contributed by atoms with E-state index in [-0.39, 0.29) is 11.4 Å².